The largest absolute Gasteiger partial charge is 0.484 e. The van der Waals surface area contributed by atoms with Gasteiger partial charge in [-0.1, -0.05) is 18.2 Å². The van der Waals surface area contributed by atoms with E-state index in [0.717, 1.165) is 29.9 Å². The Balaban J connectivity index is 1.31. The summed E-state index contributed by atoms with van der Waals surface area (Å²) in [5.41, 5.74) is 2.82. The van der Waals surface area contributed by atoms with Gasteiger partial charge in [0, 0.05) is 42.8 Å². The van der Waals surface area contributed by atoms with Gasteiger partial charge < -0.3 is 19.5 Å². The molecule has 154 valence electrons. The van der Waals surface area contributed by atoms with Gasteiger partial charge in [-0.3, -0.25) is 9.59 Å². The molecule has 2 aromatic carbocycles. The number of ether oxygens (including phenoxy) is 1. The molecule has 30 heavy (non-hydrogen) atoms. The third-order valence-corrected chi connectivity index (χ3v) is 5.15. The van der Waals surface area contributed by atoms with Gasteiger partial charge in [0.25, 0.3) is 5.91 Å². The third-order valence-electron chi connectivity index (χ3n) is 5.15. The van der Waals surface area contributed by atoms with Crippen LogP contribution < -0.4 is 15.0 Å². The SMILES string of the molecule is C[C@@H](NC(=O)COc1cccc(N2CCCC2=O)c1)c1ccc(-n2ccnc2)cc1. The van der Waals surface area contributed by atoms with Crippen LogP contribution in [0.1, 0.15) is 31.4 Å². The lowest BCUT2D eigenvalue weighted by atomic mass is 10.1. The monoisotopic (exact) mass is 404 g/mol. The number of nitrogens with one attached hydrogen (secondary N) is 1. The fourth-order valence-corrected chi connectivity index (χ4v) is 3.52. The number of amides is 2. The average Bonchev–Trinajstić information content (AvgIpc) is 3.44. The molecule has 0 spiro atoms. The second-order valence-electron chi connectivity index (χ2n) is 7.29. The molecule has 2 heterocycles. The zero-order valence-electron chi connectivity index (χ0n) is 16.8. The Bertz CT molecular complexity index is 1020. The summed E-state index contributed by atoms with van der Waals surface area (Å²) in [6.07, 6.45) is 6.80. The van der Waals surface area contributed by atoms with Gasteiger partial charge >= 0.3 is 0 Å². The molecule has 1 aliphatic heterocycles. The van der Waals surface area contributed by atoms with Gasteiger partial charge in [-0.25, -0.2) is 4.98 Å². The van der Waals surface area contributed by atoms with Crippen molar-refractivity contribution in [3.63, 3.8) is 0 Å². The minimum absolute atomic E-state index is 0.0884. The highest BCUT2D eigenvalue weighted by molar-refractivity contribution is 5.95. The van der Waals surface area contributed by atoms with Crippen molar-refractivity contribution in [2.45, 2.75) is 25.8 Å². The standard InChI is InChI=1S/C23H24N4O3/c1-17(18-7-9-19(10-8-18)26-13-11-24-16-26)25-22(28)15-30-21-5-2-4-20(14-21)27-12-3-6-23(27)29/h2,4-5,7-11,13-14,16-17H,3,6,12,15H2,1H3,(H,25,28)/t17-/m1/s1. The van der Waals surface area contributed by atoms with E-state index in [1.54, 1.807) is 29.6 Å². The molecule has 1 N–H and O–H groups in total. The van der Waals surface area contributed by atoms with E-state index >= 15 is 0 Å². The Labute approximate surface area is 175 Å². The number of aromatic nitrogens is 2. The molecule has 2 amide bonds. The van der Waals surface area contributed by atoms with Crippen molar-refractivity contribution in [1.29, 1.82) is 0 Å². The van der Waals surface area contributed by atoms with E-state index in [1.165, 1.54) is 0 Å². The Morgan fingerprint density at radius 3 is 2.73 bits per heavy atom. The molecule has 1 atom stereocenters. The van der Waals surface area contributed by atoms with E-state index in [0.29, 0.717) is 12.2 Å². The maximum atomic E-state index is 12.3. The molecule has 0 aliphatic carbocycles. The zero-order chi connectivity index (χ0) is 20.9. The molecule has 0 radical (unpaired) electrons. The first kappa shape index (κ1) is 19.7. The van der Waals surface area contributed by atoms with Crippen LogP contribution in [-0.4, -0.2) is 34.5 Å². The van der Waals surface area contributed by atoms with Crippen LogP contribution in [0.3, 0.4) is 0 Å². The van der Waals surface area contributed by atoms with E-state index in [2.05, 4.69) is 10.3 Å². The first-order chi connectivity index (χ1) is 14.6. The maximum Gasteiger partial charge on any atom is 0.258 e. The minimum atomic E-state index is -0.205. The van der Waals surface area contributed by atoms with Crippen LogP contribution in [0.5, 0.6) is 5.75 Å². The number of hydrogen-bond donors (Lipinski definition) is 1. The molecule has 7 nitrogen and oxygen atoms in total. The summed E-state index contributed by atoms with van der Waals surface area (Å²) in [7, 11) is 0. The number of carbonyl (C=O) groups is 2. The van der Waals surface area contributed by atoms with Crippen molar-refractivity contribution in [1.82, 2.24) is 14.9 Å². The summed E-state index contributed by atoms with van der Waals surface area (Å²) < 4.78 is 7.57. The molecular formula is C23H24N4O3. The van der Waals surface area contributed by atoms with E-state index in [4.69, 9.17) is 4.74 Å². The molecule has 1 saturated heterocycles. The second kappa shape index (κ2) is 8.82. The van der Waals surface area contributed by atoms with E-state index in [1.807, 2.05) is 54.1 Å². The normalized spacial score (nSPS) is 14.6. The Morgan fingerprint density at radius 1 is 1.20 bits per heavy atom. The topological polar surface area (TPSA) is 76.5 Å². The van der Waals surface area contributed by atoms with Crippen molar-refractivity contribution in [2.24, 2.45) is 0 Å². The van der Waals surface area contributed by atoms with Gasteiger partial charge in [-0.05, 0) is 43.2 Å². The maximum absolute atomic E-state index is 12.3. The Morgan fingerprint density at radius 2 is 2.03 bits per heavy atom. The summed E-state index contributed by atoms with van der Waals surface area (Å²) in [5.74, 6) is 0.487. The predicted octanol–water partition coefficient (Wildman–Crippen LogP) is 3.26. The van der Waals surface area contributed by atoms with Gasteiger partial charge in [0.1, 0.15) is 5.75 Å². The fraction of sp³-hybridized carbons (Fsp3) is 0.261. The lowest BCUT2D eigenvalue weighted by Gasteiger charge is -2.17. The smallest absolute Gasteiger partial charge is 0.258 e. The van der Waals surface area contributed by atoms with Crippen LogP contribution in [0.15, 0.2) is 67.3 Å². The van der Waals surface area contributed by atoms with E-state index in [-0.39, 0.29) is 24.5 Å². The summed E-state index contributed by atoms with van der Waals surface area (Å²) >= 11 is 0. The molecule has 0 bridgehead atoms. The first-order valence-corrected chi connectivity index (χ1v) is 10.0. The number of imidazole rings is 1. The second-order valence-corrected chi connectivity index (χ2v) is 7.29. The number of nitrogens with zero attached hydrogens (tertiary/aromatic N) is 3. The quantitative estimate of drug-likeness (QED) is 0.656. The van der Waals surface area contributed by atoms with Crippen molar-refractivity contribution < 1.29 is 14.3 Å². The third kappa shape index (κ3) is 4.51. The van der Waals surface area contributed by atoms with Gasteiger partial charge in [0.15, 0.2) is 6.61 Å². The van der Waals surface area contributed by atoms with Gasteiger partial charge in [-0.2, -0.15) is 0 Å². The van der Waals surface area contributed by atoms with Crippen molar-refractivity contribution in [3.8, 4) is 11.4 Å². The van der Waals surface area contributed by atoms with Crippen LogP contribution in [0, 0.1) is 0 Å². The lowest BCUT2D eigenvalue weighted by Crippen LogP contribution is -2.31. The molecule has 7 heteroatoms. The highest BCUT2D eigenvalue weighted by atomic mass is 16.5. The first-order valence-electron chi connectivity index (χ1n) is 10.0. The van der Waals surface area contributed by atoms with Gasteiger partial charge in [-0.15, -0.1) is 0 Å². The van der Waals surface area contributed by atoms with Crippen LogP contribution in [0.25, 0.3) is 5.69 Å². The molecular weight excluding hydrogens is 380 g/mol. The summed E-state index contributed by atoms with van der Waals surface area (Å²) in [6.45, 7) is 2.57. The molecule has 4 rings (SSSR count). The number of anilines is 1. The summed E-state index contributed by atoms with van der Waals surface area (Å²) in [6, 6.07) is 15.1. The number of rotatable bonds is 7. The minimum Gasteiger partial charge on any atom is -0.484 e. The number of benzene rings is 2. The van der Waals surface area contributed by atoms with Crippen LogP contribution in [0.2, 0.25) is 0 Å². The van der Waals surface area contributed by atoms with Crippen LogP contribution in [0.4, 0.5) is 5.69 Å². The van der Waals surface area contributed by atoms with Crippen molar-refractivity contribution >= 4 is 17.5 Å². The highest BCUT2D eigenvalue weighted by Gasteiger charge is 2.22. The molecule has 0 saturated carbocycles. The van der Waals surface area contributed by atoms with Gasteiger partial charge in [0.2, 0.25) is 5.91 Å². The van der Waals surface area contributed by atoms with Gasteiger partial charge in [0.05, 0.1) is 12.4 Å². The number of hydrogen-bond acceptors (Lipinski definition) is 4. The fourth-order valence-electron chi connectivity index (χ4n) is 3.52. The summed E-state index contributed by atoms with van der Waals surface area (Å²) in [5, 5.41) is 2.95. The van der Waals surface area contributed by atoms with Crippen LogP contribution >= 0.6 is 0 Å². The molecule has 1 aliphatic rings. The molecule has 1 fully saturated rings. The Kier molecular flexibility index (Phi) is 5.79. The summed E-state index contributed by atoms with van der Waals surface area (Å²) in [4.78, 5) is 30.0. The van der Waals surface area contributed by atoms with E-state index in [9.17, 15) is 9.59 Å². The van der Waals surface area contributed by atoms with E-state index < -0.39 is 0 Å². The predicted molar refractivity (Wildman–Crippen MR) is 114 cm³/mol. The average molecular weight is 404 g/mol. The molecule has 3 aromatic rings. The Hall–Kier alpha value is -3.61. The molecule has 0 unspecified atom stereocenters. The zero-order valence-corrected chi connectivity index (χ0v) is 16.8. The molecule has 1 aromatic heterocycles. The van der Waals surface area contributed by atoms with Crippen molar-refractivity contribution in [3.05, 3.63) is 72.8 Å². The van der Waals surface area contributed by atoms with Crippen molar-refractivity contribution in [2.75, 3.05) is 18.1 Å². The number of carbonyl (C=O) groups excluding carboxylic acids is 2. The van der Waals surface area contributed by atoms with Crippen LogP contribution in [-0.2, 0) is 9.59 Å². The lowest BCUT2D eigenvalue weighted by molar-refractivity contribution is -0.123. The highest BCUT2D eigenvalue weighted by Crippen LogP contribution is 2.25.